The van der Waals surface area contributed by atoms with Gasteiger partial charge in [-0.15, -0.1) is 0 Å². The van der Waals surface area contributed by atoms with E-state index in [0.717, 1.165) is 24.8 Å². The third-order valence-electron chi connectivity index (χ3n) is 4.76. The van der Waals surface area contributed by atoms with Gasteiger partial charge in [0.2, 0.25) is 5.89 Å². The van der Waals surface area contributed by atoms with Crippen LogP contribution in [0.3, 0.4) is 0 Å². The molecule has 0 bridgehead atoms. The third-order valence-corrected chi connectivity index (χ3v) is 4.76. The first kappa shape index (κ1) is 11.9. The molecule has 1 aromatic rings. The lowest BCUT2D eigenvalue weighted by molar-refractivity contribution is 0.126. The second kappa shape index (κ2) is 4.87. The molecular formula is C14H22N4O. The zero-order valence-corrected chi connectivity index (χ0v) is 11.3. The van der Waals surface area contributed by atoms with Gasteiger partial charge in [-0.25, -0.2) is 0 Å². The summed E-state index contributed by atoms with van der Waals surface area (Å²) in [5.74, 6) is 2.41. The predicted octanol–water partition coefficient (Wildman–Crippen LogP) is 1.84. The zero-order valence-electron chi connectivity index (χ0n) is 11.3. The van der Waals surface area contributed by atoms with E-state index in [4.69, 9.17) is 4.52 Å². The van der Waals surface area contributed by atoms with Crippen molar-refractivity contribution in [2.75, 3.05) is 19.6 Å². The van der Waals surface area contributed by atoms with Crippen LogP contribution in [0.4, 0.5) is 0 Å². The van der Waals surface area contributed by atoms with Gasteiger partial charge in [-0.1, -0.05) is 5.16 Å². The highest BCUT2D eigenvalue weighted by Gasteiger charge is 2.37. The summed E-state index contributed by atoms with van der Waals surface area (Å²) in [5.41, 5.74) is 0. The van der Waals surface area contributed by atoms with Crippen LogP contribution in [0.15, 0.2) is 4.52 Å². The Morgan fingerprint density at radius 1 is 1.11 bits per heavy atom. The molecule has 3 fully saturated rings. The lowest BCUT2D eigenvalue weighted by Gasteiger charge is -2.34. The molecular weight excluding hydrogens is 240 g/mol. The largest absolute Gasteiger partial charge is 0.338 e. The molecule has 1 unspecified atom stereocenters. The molecule has 1 N–H and O–H groups in total. The van der Waals surface area contributed by atoms with Crippen molar-refractivity contribution in [3.63, 3.8) is 0 Å². The van der Waals surface area contributed by atoms with Crippen LogP contribution in [-0.4, -0.2) is 40.7 Å². The van der Waals surface area contributed by atoms with Crippen molar-refractivity contribution in [2.24, 2.45) is 0 Å². The lowest BCUT2D eigenvalue weighted by Crippen LogP contribution is -2.42. The van der Waals surface area contributed by atoms with Crippen LogP contribution in [-0.2, 0) is 0 Å². The molecule has 0 spiro atoms. The van der Waals surface area contributed by atoms with Crippen LogP contribution in [0.5, 0.6) is 0 Å². The number of likely N-dealkylation sites (tertiary alicyclic amines) is 1. The van der Waals surface area contributed by atoms with Gasteiger partial charge in [0.1, 0.15) is 0 Å². The summed E-state index contributed by atoms with van der Waals surface area (Å²) in [6, 6.07) is 1.08. The molecule has 1 atom stereocenters. The fourth-order valence-corrected chi connectivity index (χ4v) is 3.52. The van der Waals surface area contributed by atoms with E-state index >= 15 is 0 Å². The molecule has 1 saturated carbocycles. The van der Waals surface area contributed by atoms with Crippen LogP contribution >= 0.6 is 0 Å². The van der Waals surface area contributed by atoms with Crippen LogP contribution in [0, 0.1) is 0 Å². The summed E-state index contributed by atoms with van der Waals surface area (Å²) < 4.78 is 5.55. The molecule has 4 rings (SSSR count). The minimum atomic E-state index is 0.378. The number of hydrogen-bond donors (Lipinski definition) is 1. The smallest absolute Gasteiger partial charge is 0.244 e. The Morgan fingerprint density at radius 2 is 1.95 bits per heavy atom. The quantitative estimate of drug-likeness (QED) is 0.900. The van der Waals surface area contributed by atoms with Crippen molar-refractivity contribution in [2.45, 2.75) is 56.5 Å². The third kappa shape index (κ3) is 2.30. The number of piperidine rings is 1. The van der Waals surface area contributed by atoms with Gasteiger partial charge in [0.15, 0.2) is 5.82 Å². The Balaban J connectivity index is 1.51. The average molecular weight is 262 g/mol. The van der Waals surface area contributed by atoms with Gasteiger partial charge in [-0.2, -0.15) is 4.98 Å². The fraction of sp³-hybridized carbons (Fsp3) is 0.857. The highest BCUT2D eigenvalue weighted by atomic mass is 16.5. The minimum Gasteiger partial charge on any atom is -0.338 e. The van der Waals surface area contributed by atoms with E-state index < -0.39 is 0 Å². The number of rotatable bonds is 3. The number of aromatic nitrogens is 2. The maximum atomic E-state index is 5.55. The van der Waals surface area contributed by atoms with E-state index in [0.29, 0.717) is 18.0 Å². The molecule has 1 aromatic heterocycles. The zero-order chi connectivity index (χ0) is 12.7. The summed E-state index contributed by atoms with van der Waals surface area (Å²) >= 11 is 0. The van der Waals surface area contributed by atoms with Gasteiger partial charge in [-0.3, -0.25) is 4.90 Å². The number of nitrogens with zero attached hydrogens (tertiary/aromatic N) is 3. The van der Waals surface area contributed by atoms with E-state index in [2.05, 4.69) is 20.4 Å². The molecule has 3 heterocycles. The SMILES string of the molecule is C1CC(c2nc(C3CC3)no2)N(C2CCNCC2)C1. The molecule has 2 saturated heterocycles. The van der Waals surface area contributed by atoms with E-state index in [9.17, 15) is 0 Å². The highest BCUT2D eigenvalue weighted by molar-refractivity contribution is 5.06. The lowest BCUT2D eigenvalue weighted by atomic mass is 10.0. The van der Waals surface area contributed by atoms with Crippen LogP contribution < -0.4 is 5.32 Å². The first-order chi connectivity index (χ1) is 9.42. The molecule has 104 valence electrons. The second-order valence-corrected chi connectivity index (χ2v) is 6.14. The van der Waals surface area contributed by atoms with Crippen molar-refractivity contribution in [1.82, 2.24) is 20.4 Å². The topological polar surface area (TPSA) is 54.2 Å². The molecule has 1 aliphatic carbocycles. The number of hydrogen-bond acceptors (Lipinski definition) is 5. The maximum absolute atomic E-state index is 5.55. The summed E-state index contributed by atoms with van der Waals surface area (Å²) in [4.78, 5) is 7.28. The molecule has 5 nitrogen and oxygen atoms in total. The molecule has 0 aromatic carbocycles. The normalized spacial score (nSPS) is 30.0. The molecule has 0 radical (unpaired) electrons. The predicted molar refractivity (Wildman–Crippen MR) is 70.8 cm³/mol. The summed E-state index contributed by atoms with van der Waals surface area (Å²) in [6.07, 6.45) is 7.41. The Bertz CT molecular complexity index is 436. The van der Waals surface area contributed by atoms with E-state index in [1.54, 1.807) is 0 Å². The van der Waals surface area contributed by atoms with E-state index in [1.807, 2.05) is 0 Å². The first-order valence-electron chi connectivity index (χ1n) is 7.72. The summed E-state index contributed by atoms with van der Waals surface area (Å²) in [7, 11) is 0. The molecule has 5 heteroatoms. The van der Waals surface area contributed by atoms with Gasteiger partial charge < -0.3 is 9.84 Å². The Kier molecular flexibility index (Phi) is 3.04. The van der Waals surface area contributed by atoms with Crippen molar-refractivity contribution in [3.05, 3.63) is 11.7 Å². The van der Waals surface area contributed by atoms with Crippen LogP contribution in [0.25, 0.3) is 0 Å². The maximum Gasteiger partial charge on any atom is 0.244 e. The van der Waals surface area contributed by atoms with Gasteiger partial charge in [0.05, 0.1) is 6.04 Å². The summed E-state index contributed by atoms with van der Waals surface area (Å²) in [6.45, 7) is 3.48. The molecule has 0 amide bonds. The minimum absolute atomic E-state index is 0.378. The van der Waals surface area contributed by atoms with Gasteiger partial charge in [0.25, 0.3) is 0 Å². The van der Waals surface area contributed by atoms with E-state index in [-0.39, 0.29) is 0 Å². The second-order valence-electron chi connectivity index (χ2n) is 6.14. The standard InChI is InChI=1S/C14H22N4O/c1-2-12(14-16-13(17-19-14)10-3-4-10)18(9-1)11-5-7-15-8-6-11/h10-12,15H,1-9H2. The summed E-state index contributed by atoms with van der Waals surface area (Å²) in [5, 5.41) is 7.62. The number of nitrogens with one attached hydrogen (secondary N) is 1. The molecule has 2 aliphatic heterocycles. The van der Waals surface area contributed by atoms with Crippen LogP contribution in [0.1, 0.15) is 62.2 Å². The van der Waals surface area contributed by atoms with Gasteiger partial charge >= 0.3 is 0 Å². The van der Waals surface area contributed by atoms with Gasteiger partial charge in [0, 0.05) is 12.0 Å². The highest BCUT2D eigenvalue weighted by Crippen LogP contribution is 2.40. The van der Waals surface area contributed by atoms with Crippen molar-refractivity contribution in [1.29, 1.82) is 0 Å². The monoisotopic (exact) mass is 262 g/mol. The Hall–Kier alpha value is -0.940. The Labute approximate surface area is 113 Å². The van der Waals surface area contributed by atoms with Crippen molar-refractivity contribution < 1.29 is 4.52 Å². The fourth-order valence-electron chi connectivity index (χ4n) is 3.52. The van der Waals surface area contributed by atoms with Crippen LogP contribution in [0.2, 0.25) is 0 Å². The molecule has 3 aliphatic rings. The van der Waals surface area contributed by atoms with E-state index in [1.165, 1.54) is 45.1 Å². The molecule has 19 heavy (non-hydrogen) atoms. The van der Waals surface area contributed by atoms with Crippen molar-refractivity contribution >= 4 is 0 Å². The van der Waals surface area contributed by atoms with Crippen molar-refractivity contribution in [3.8, 4) is 0 Å². The van der Waals surface area contributed by atoms with Gasteiger partial charge in [-0.05, 0) is 58.2 Å². The average Bonchev–Trinajstić information content (AvgIpc) is 3.02. The first-order valence-corrected chi connectivity index (χ1v) is 7.72. The Morgan fingerprint density at radius 3 is 2.74 bits per heavy atom.